The SMILES string of the molecule is CC1CCCC(C)N1NS(=O)(=O)c1ccc(CO)cc1F. The first-order valence-corrected chi connectivity index (χ1v) is 8.53. The number of halogens is 1. The molecule has 0 radical (unpaired) electrons. The van der Waals surface area contributed by atoms with Crippen molar-refractivity contribution in [2.45, 2.75) is 56.7 Å². The second-order valence-corrected chi connectivity index (χ2v) is 7.18. The van der Waals surface area contributed by atoms with Gasteiger partial charge in [0.1, 0.15) is 10.7 Å². The van der Waals surface area contributed by atoms with Gasteiger partial charge in [0, 0.05) is 12.1 Å². The van der Waals surface area contributed by atoms with E-state index in [4.69, 9.17) is 5.11 Å². The Labute approximate surface area is 124 Å². The molecule has 7 heteroatoms. The summed E-state index contributed by atoms with van der Waals surface area (Å²) >= 11 is 0. The molecule has 1 fully saturated rings. The molecular formula is C14H21FN2O3S. The molecule has 0 bridgehead atoms. The van der Waals surface area contributed by atoms with E-state index in [0.717, 1.165) is 25.3 Å². The highest BCUT2D eigenvalue weighted by molar-refractivity contribution is 7.89. The predicted octanol–water partition coefficient (Wildman–Crippen LogP) is 1.77. The quantitative estimate of drug-likeness (QED) is 0.888. The van der Waals surface area contributed by atoms with Crippen LogP contribution in [0.4, 0.5) is 4.39 Å². The molecule has 118 valence electrons. The van der Waals surface area contributed by atoms with Crippen molar-refractivity contribution in [1.29, 1.82) is 0 Å². The summed E-state index contributed by atoms with van der Waals surface area (Å²) in [4.78, 5) is 2.09. The van der Waals surface area contributed by atoms with Crippen molar-refractivity contribution < 1.29 is 17.9 Å². The molecule has 1 heterocycles. The van der Waals surface area contributed by atoms with Crippen molar-refractivity contribution in [2.24, 2.45) is 0 Å². The summed E-state index contributed by atoms with van der Waals surface area (Å²) in [7, 11) is -3.96. The van der Waals surface area contributed by atoms with Gasteiger partial charge in [-0.25, -0.2) is 17.8 Å². The fourth-order valence-electron chi connectivity index (χ4n) is 2.65. The number of hydrogen-bond acceptors (Lipinski definition) is 4. The second kappa shape index (κ2) is 6.39. The third kappa shape index (κ3) is 3.60. The van der Waals surface area contributed by atoms with Gasteiger partial charge in [-0.2, -0.15) is 0 Å². The Morgan fingerprint density at radius 2 is 1.95 bits per heavy atom. The molecule has 5 nitrogen and oxygen atoms in total. The van der Waals surface area contributed by atoms with Crippen molar-refractivity contribution in [3.8, 4) is 0 Å². The molecule has 0 aliphatic carbocycles. The van der Waals surface area contributed by atoms with Crippen LogP contribution < -0.4 is 4.83 Å². The van der Waals surface area contributed by atoms with E-state index in [9.17, 15) is 12.8 Å². The molecule has 0 spiro atoms. The van der Waals surface area contributed by atoms with E-state index in [1.165, 1.54) is 12.1 Å². The first-order chi connectivity index (χ1) is 9.85. The maximum absolute atomic E-state index is 13.9. The number of rotatable bonds is 4. The molecule has 2 N–H and O–H groups in total. The summed E-state index contributed by atoms with van der Waals surface area (Å²) in [6.45, 7) is 3.57. The summed E-state index contributed by atoms with van der Waals surface area (Å²) in [5, 5.41) is 10.6. The van der Waals surface area contributed by atoms with Crippen LogP contribution in [0.25, 0.3) is 0 Å². The number of nitrogens with zero attached hydrogens (tertiary/aromatic N) is 1. The van der Waals surface area contributed by atoms with Gasteiger partial charge in [0.25, 0.3) is 10.0 Å². The smallest absolute Gasteiger partial charge is 0.256 e. The molecular weight excluding hydrogens is 295 g/mol. The van der Waals surface area contributed by atoms with Gasteiger partial charge in [0.05, 0.1) is 6.61 Å². The molecule has 21 heavy (non-hydrogen) atoms. The molecule has 1 aliphatic rings. The van der Waals surface area contributed by atoms with E-state index in [2.05, 4.69) is 4.83 Å². The average molecular weight is 316 g/mol. The fourth-order valence-corrected chi connectivity index (χ4v) is 3.95. The Morgan fingerprint density at radius 1 is 1.33 bits per heavy atom. The van der Waals surface area contributed by atoms with Crippen LogP contribution in [0.15, 0.2) is 23.1 Å². The zero-order valence-corrected chi connectivity index (χ0v) is 13.0. The molecule has 0 aromatic heterocycles. The second-order valence-electron chi connectivity index (χ2n) is 5.55. The minimum absolute atomic E-state index is 0.0725. The van der Waals surface area contributed by atoms with Gasteiger partial charge in [-0.05, 0) is 44.4 Å². The first kappa shape index (κ1) is 16.4. The molecule has 1 saturated heterocycles. The zero-order chi connectivity index (χ0) is 15.6. The van der Waals surface area contributed by atoms with Gasteiger partial charge in [-0.15, -0.1) is 4.83 Å². The Morgan fingerprint density at radius 3 is 2.48 bits per heavy atom. The normalized spacial score (nSPS) is 24.2. The third-order valence-electron chi connectivity index (χ3n) is 3.89. The van der Waals surface area contributed by atoms with Gasteiger partial charge < -0.3 is 5.11 Å². The molecule has 1 aromatic carbocycles. The predicted molar refractivity (Wildman–Crippen MR) is 77.3 cm³/mol. The van der Waals surface area contributed by atoms with Crippen molar-refractivity contribution in [2.75, 3.05) is 0 Å². The van der Waals surface area contributed by atoms with E-state index < -0.39 is 20.7 Å². The Kier molecular flexibility index (Phi) is 4.98. The Bertz CT molecular complexity index is 596. The molecule has 1 aliphatic heterocycles. The lowest BCUT2D eigenvalue weighted by molar-refractivity contribution is 0.0789. The maximum Gasteiger partial charge on any atom is 0.256 e. The zero-order valence-electron chi connectivity index (χ0n) is 12.2. The number of nitrogens with one attached hydrogen (secondary N) is 1. The Hall–Kier alpha value is -1.02. The van der Waals surface area contributed by atoms with Crippen molar-refractivity contribution in [1.82, 2.24) is 9.84 Å². The van der Waals surface area contributed by atoms with Crippen LogP contribution in [-0.2, 0) is 16.6 Å². The minimum Gasteiger partial charge on any atom is -0.392 e. The van der Waals surface area contributed by atoms with Crippen LogP contribution in [-0.4, -0.2) is 30.6 Å². The number of aliphatic hydroxyl groups excluding tert-OH is 1. The van der Waals surface area contributed by atoms with Crippen molar-refractivity contribution in [3.05, 3.63) is 29.6 Å². The van der Waals surface area contributed by atoms with E-state index in [-0.39, 0.29) is 18.7 Å². The number of hydrazine groups is 1. The summed E-state index contributed by atoms with van der Waals surface area (Å²) in [5.41, 5.74) is 0.339. The molecule has 0 saturated carbocycles. The number of piperidine rings is 1. The van der Waals surface area contributed by atoms with Gasteiger partial charge in [0.2, 0.25) is 0 Å². The van der Waals surface area contributed by atoms with Crippen LogP contribution in [0.1, 0.15) is 38.7 Å². The summed E-state index contributed by atoms with van der Waals surface area (Å²) in [6.07, 6.45) is 2.86. The van der Waals surface area contributed by atoms with Crippen LogP contribution >= 0.6 is 0 Å². The Balaban J connectivity index is 2.25. The molecule has 2 rings (SSSR count). The summed E-state index contributed by atoms with van der Waals surface area (Å²) in [6, 6.07) is 3.77. The monoisotopic (exact) mass is 316 g/mol. The van der Waals surface area contributed by atoms with Crippen molar-refractivity contribution in [3.63, 3.8) is 0 Å². The third-order valence-corrected chi connectivity index (χ3v) is 5.25. The highest BCUT2D eigenvalue weighted by atomic mass is 32.2. The molecule has 2 unspecified atom stereocenters. The van der Waals surface area contributed by atoms with Crippen LogP contribution in [0.5, 0.6) is 0 Å². The first-order valence-electron chi connectivity index (χ1n) is 7.05. The number of hydrogen-bond donors (Lipinski definition) is 2. The minimum atomic E-state index is -3.96. The average Bonchev–Trinajstić information content (AvgIpc) is 2.42. The number of sulfonamides is 1. The van der Waals surface area contributed by atoms with Gasteiger partial charge in [0.15, 0.2) is 0 Å². The fraction of sp³-hybridized carbons (Fsp3) is 0.571. The lowest BCUT2D eigenvalue weighted by atomic mass is 10.0. The van der Waals surface area contributed by atoms with E-state index in [1.54, 1.807) is 5.01 Å². The topological polar surface area (TPSA) is 69.6 Å². The lowest BCUT2D eigenvalue weighted by Gasteiger charge is -2.38. The van der Waals surface area contributed by atoms with E-state index >= 15 is 0 Å². The highest BCUT2D eigenvalue weighted by Crippen LogP contribution is 2.23. The van der Waals surface area contributed by atoms with E-state index in [1.807, 2.05) is 13.8 Å². The number of aliphatic hydroxyl groups is 1. The van der Waals surface area contributed by atoms with Gasteiger partial charge >= 0.3 is 0 Å². The van der Waals surface area contributed by atoms with Gasteiger partial charge in [-0.3, -0.25) is 0 Å². The largest absolute Gasteiger partial charge is 0.392 e. The summed E-state index contributed by atoms with van der Waals surface area (Å²) < 4.78 is 38.6. The van der Waals surface area contributed by atoms with Crippen LogP contribution in [0.3, 0.4) is 0 Å². The lowest BCUT2D eigenvalue weighted by Crippen LogP contribution is -2.54. The van der Waals surface area contributed by atoms with Crippen molar-refractivity contribution >= 4 is 10.0 Å². The summed E-state index contributed by atoms with van der Waals surface area (Å²) in [5.74, 6) is -0.855. The highest BCUT2D eigenvalue weighted by Gasteiger charge is 2.30. The number of benzene rings is 1. The standard InChI is InChI=1S/C14H21FN2O3S/c1-10-4-3-5-11(2)17(10)16-21(19,20)14-7-6-12(9-18)8-13(14)15/h6-8,10-11,16,18H,3-5,9H2,1-2H3. The molecule has 2 atom stereocenters. The maximum atomic E-state index is 13.9. The van der Waals surface area contributed by atoms with E-state index in [0.29, 0.717) is 5.56 Å². The van der Waals surface area contributed by atoms with Crippen LogP contribution in [0, 0.1) is 5.82 Å². The molecule has 1 aromatic rings. The van der Waals surface area contributed by atoms with Gasteiger partial charge in [-0.1, -0.05) is 12.5 Å². The molecule has 0 amide bonds. The van der Waals surface area contributed by atoms with Crippen LogP contribution in [0.2, 0.25) is 0 Å².